The molecule has 2 aromatic heterocycles. The lowest BCUT2D eigenvalue weighted by Crippen LogP contribution is -2.14. The summed E-state index contributed by atoms with van der Waals surface area (Å²) in [4.78, 5) is 29.5. The molecular formula is C11H12N4O4. The Labute approximate surface area is 107 Å². The number of aromatic nitrogens is 3. The first-order valence-electron chi connectivity index (χ1n) is 5.44. The number of rotatable bonds is 3. The van der Waals surface area contributed by atoms with Crippen LogP contribution in [0, 0.1) is 20.8 Å². The Balaban J connectivity index is 2.31. The number of hydrogen-bond acceptors (Lipinski definition) is 5. The van der Waals surface area contributed by atoms with E-state index in [0.29, 0.717) is 17.1 Å². The van der Waals surface area contributed by atoms with Gasteiger partial charge in [0.05, 0.1) is 5.56 Å². The molecule has 2 aromatic rings. The van der Waals surface area contributed by atoms with Gasteiger partial charge in [-0.15, -0.1) is 0 Å². The van der Waals surface area contributed by atoms with Crippen LogP contribution < -0.4 is 5.32 Å². The second-order valence-electron chi connectivity index (χ2n) is 4.03. The van der Waals surface area contributed by atoms with Crippen molar-refractivity contribution in [1.82, 2.24) is 15.1 Å². The molecule has 0 saturated heterocycles. The minimum absolute atomic E-state index is 0.00985. The molecule has 0 spiro atoms. The van der Waals surface area contributed by atoms with Gasteiger partial charge in [0.2, 0.25) is 0 Å². The average Bonchev–Trinajstić information content (AvgIpc) is 2.83. The quantitative estimate of drug-likeness (QED) is 0.767. The number of nitrogens with one attached hydrogen (secondary N) is 2. The van der Waals surface area contributed by atoms with Crippen molar-refractivity contribution in [3.63, 3.8) is 0 Å². The van der Waals surface area contributed by atoms with Crippen LogP contribution in [0.3, 0.4) is 0 Å². The van der Waals surface area contributed by atoms with Crippen molar-refractivity contribution in [2.75, 3.05) is 5.32 Å². The summed E-state index contributed by atoms with van der Waals surface area (Å²) < 4.78 is 4.77. The number of carboxylic acid groups (broad SMARTS) is 1. The van der Waals surface area contributed by atoms with Crippen LogP contribution in [0.4, 0.5) is 6.01 Å². The molecule has 2 rings (SSSR count). The minimum Gasteiger partial charge on any atom is -0.477 e. The number of amides is 1. The summed E-state index contributed by atoms with van der Waals surface area (Å²) in [5.41, 5.74) is 1.07. The van der Waals surface area contributed by atoms with Gasteiger partial charge in [-0.1, -0.05) is 5.16 Å². The van der Waals surface area contributed by atoms with Gasteiger partial charge in [0.15, 0.2) is 5.82 Å². The van der Waals surface area contributed by atoms with Crippen molar-refractivity contribution in [1.29, 1.82) is 0 Å². The molecule has 100 valence electrons. The van der Waals surface area contributed by atoms with E-state index in [1.807, 2.05) is 0 Å². The zero-order valence-electron chi connectivity index (χ0n) is 10.6. The van der Waals surface area contributed by atoms with Crippen molar-refractivity contribution in [3.8, 4) is 0 Å². The number of H-pyrrole nitrogens is 1. The molecule has 0 aliphatic rings. The zero-order chi connectivity index (χ0) is 14.2. The number of aryl methyl sites for hydroxylation is 2. The normalized spacial score (nSPS) is 10.5. The molecule has 2 heterocycles. The van der Waals surface area contributed by atoms with Crippen molar-refractivity contribution in [2.24, 2.45) is 0 Å². The molecule has 1 amide bonds. The fourth-order valence-electron chi connectivity index (χ4n) is 1.81. The van der Waals surface area contributed by atoms with Crippen LogP contribution in [-0.2, 0) is 0 Å². The van der Waals surface area contributed by atoms with Crippen LogP contribution in [0.2, 0.25) is 0 Å². The number of hydrogen-bond donors (Lipinski definition) is 3. The van der Waals surface area contributed by atoms with E-state index < -0.39 is 11.9 Å². The summed E-state index contributed by atoms with van der Waals surface area (Å²) in [6, 6.07) is -0.0284. The van der Waals surface area contributed by atoms with Crippen molar-refractivity contribution >= 4 is 17.9 Å². The molecule has 19 heavy (non-hydrogen) atoms. The van der Waals surface area contributed by atoms with Crippen LogP contribution in [-0.4, -0.2) is 32.1 Å². The number of carbonyl (C=O) groups excluding carboxylic acids is 1. The maximum atomic E-state index is 12.0. The Morgan fingerprint density at radius 3 is 2.47 bits per heavy atom. The maximum Gasteiger partial charge on any atom is 0.352 e. The molecule has 3 N–H and O–H groups in total. The fraction of sp³-hybridized carbons (Fsp3) is 0.273. The van der Waals surface area contributed by atoms with E-state index in [2.05, 4.69) is 20.4 Å². The first-order chi connectivity index (χ1) is 8.90. The van der Waals surface area contributed by atoms with E-state index in [9.17, 15) is 9.59 Å². The molecule has 0 atom stereocenters. The average molecular weight is 264 g/mol. The third-order valence-electron chi connectivity index (χ3n) is 2.63. The lowest BCUT2D eigenvalue weighted by atomic mass is 10.1. The number of carbonyl (C=O) groups is 2. The first kappa shape index (κ1) is 12.8. The summed E-state index contributed by atoms with van der Waals surface area (Å²) in [7, 11) is 0. The molecule has 0 aliphatic carbocycles. The smallest absolute Gasteiger partial charge is 0.352 e. The Morgan fingerprint density at radius 2 is 2.00 bits per heavy atom. The summed E-state index contributed by atoms with van der Waals surface area (Å²) in [6.45, 7) is 4.79. The highest BCUT2D eigenvalue weighted by Crippen LogP contribution is 2.19. The van der Waals surface area contributed by atoms with Crippen molar-refractivity contribution in [3.05, 3.63) is 28.3 Å². The summed E-state index contributed by atoms with van der Waals surface area (Å²) >= 11 is 0. The topological polar surface area (TPSA) is 121 Å². The van der Waals surface area contributed by atoms with E-state index in [0.717, 1.165) is 0 Å². The number of carboxylic acids is 1. The molecule has 0 aromatic carbocycles. The lowest BCUT2D eigenvalue weighted by Gasteiger charge is -2.01. The van der Waals surface area contributed by atoms with E-state index in [-0.39, 0.29) is 17.3 Å². The number of aromatic amines is 1. The summed E-state index contributed by atoms with van der Waals surface area (Å²) in [5, 5.41) is 14.9. The van der Waals surface area contributed by atoms with E-state index in [1.165, 1.54) is 0 Å². The van der Waals surface area contributed by atoms with Crippen LogP contribution in [0.1, 0.15) is 37.9 Å². The summed E-state index contributed by atoms with van der Waals surface area (Å²) in [5.74, 6) is -1.22. The Kier molecular flexibility index (Phi) is 3.07. The Hall–Kier alpha value is -2.64. The van der Waals surface area contributed by atoms with Crippen LogP contribution >= 0.6 is 0 Å². The van der Waals surface area contributed by atoms with Gasteiger partial charge in [-0.25, -0.2) is 4.79 Å². The molecular weight excluding hydrogens is 252 g/mol. The molecule has 0 radical (unpaired) electrons. The highest BCUT2D eigenvalue weighted by atomic mass is 16.5. The molecule has 0 unspecified atom stereocenters. The number of anilines is 1. The molecule has 8 nitrogen and oxygen atoms in total. The second-order valence-corrected chi connectivity index (χ2v) is 4.03. The van der Waals surface area contributed by atoms with Crippen molar-refractivity contribution < 1.29 is 19.2 Å². The van der Waals surface area contributed by atoms with E-state index >= 15 is 0 Å². The number of aromatic carboxylic acids is 1. The van der Waals surface area contributed by atoms with Gasteiger partial charge in [-0.3, -0.25) is 10.1 Å². The fourth-order valence-corrected chi connectivity index (χ4v) is 1.81. The van der Waals surface area contributed by atoms with E-state index in [4.69, 9.17) is 9.63 Å². The number of nitrogens with zero attached hydrogens (tertiary/aromatic N) is 2. The maximum absolute atomic E-state index is 12.0. The van der Waals surface area contributed by atoms with Crippen LogP contribution in [0.15, 0.2) is 4.52 Å². The van der Waals surface area contributed by atoms with Gasteiger partial charge < -0.3 is 14.6 Å². The SMILES string of the molecule is Cc1noc(NC(=O)c2c(C)[nH]c(C(=O)O)c2C)n1. The summed E-state index contributed by atoms with van der Waals surface area (Å²) in [6.07, 6.45) is 0. The van der Waals surface area contributed by atoms with Gasteiger partial charge in [-0.05, 0) is 26.3 Å². The zero-order valence-corrected chi connectivity index (χ0v) is 10.6. The Morgan fingerprint density at radius 1 is 1.32 bits per heavy atom. The second kappa shape index (κ2) is 4.56. The van der Waals surface area contributed by atoms with Gasteiger partial charge in [-0.2, -0.15) is 4.98 Å². The standard InChI is InChI=1S/C11H12N4O4/c1-4-7(5(2)12-8(4)10(17)18)9(16)14-11-13-6(3)15-19-11/h12H,1-3H3,(H,17,18)(H,13,14,15,16). The van der Waals surface area contributed by atoms with Gasteiger partial charge in [0, 0.05) is 5.69 Å². The van der Waals surface area contributed by atoms with Crippen molar-refractivity contribution in [2.45, 2.75) is 20.8 Å². The Bertz CT molecular complexity index is 656. The highest BCUT2D eigenvalue weighted by molar-refractivity contribution is 6.07. The third-order valence-corrected chi connectivity index (χ3v) is 2.63. The first-order valence-corrected chi connectivity index (χ1v) is 5.44. The minimum atomic E-state index is -1.12. The third kappa shape index (κ3) is 2.32. The predicted octanol–water partition coefficient (Wildman–Crippen LogP) is 1.27. The highest BCUT2D eigenvalue weighted by Gasteiger charge is 2.22. The molecule has 0 saturated carbocycles. The van der Waals surface area contributed by atoms with Crippen LogP contribution in [0.5, 0.6) is 0 Å². The van der Waals surface area contributed by atoms with Crippen LogP contribution in [0.25, 0.3) is 0 Å². The van der Waals surface area contributed by atoms with E-state index in [1.54, 1.807) is 20.8 Å². The predicted molar refractivity (Wildman–Crippen MR) is 64.2 cm³/mol. The molecule has 0 bridgehead atoms. The molecule has 8 heteroatoms. The largest absolute Gasteiger partial charge is 0.477 e. The molecule has 0 fully saturated rings. The van der Waals surface area contributed by atoms with Gasteiger partial charge in [0.1, 0.15) is 5.69 Å². The lowest BCUT2D eigenvalue weighted by molar-refractivity contribution is 0.0690. The van der Waals surface area contributed by atoms with Gasteiger partial charge >= 0.3 is 12.0 Å². The monoisotopic (exact) mass is 264 g/mol. The van der Waals surface area contributed by atoms with Gasteiger partial charge in [0.25, 0.3) is 5.91 Å². The molecule has 0 aliphatic heterocycles.